The molecule has 1 aliphatic rings. The van der Waals surface area contributed by atoms with Gasteiger partial charge in [-0.15, -0.1) is 0 Å². The average Bonchev–Trinajstić information content (AvgIpc) is 2.86. The minimum atomic E-state index is -0.966. The zero-order valence-corrected chi connectivity index (χ0v) is 9.36. The van der Waals surface area contributed by atoms with E-state index in [-0.39, 0.29) is 11.1 Å². The molecule has 2 N–H and O–H groups in total. The van der Waals surface area contributed by atoms with E-state index in [4.69, 9.17) is 9.52 Å². The molecular weight excluding hydrogens is 220 g/mol. The summed E-state index contributed by atoms with van der Waals surface area (Å²) in [6.45, 7) is 2.10. The van der Waals surface area contributed by atoms with Crippen LogP contribution in [0.1, 0.15) is 30.1 Å². The highest BCUT2D eigenvalue weighted by atomic mass is 16.4. The summed E-state index contributed by atoms with van der Waals surface area (Å²) in [6, 6.07) is 5.13. The van der Waals surface area contributed by atoms with E-state index < -0.39 is 5.97 Å². The number of hydrogen-bond donors (Lipinski definition) is 2. The van der Waals surface area contributed by atoms with Crippen molar-refractivity contribution in [2.75, 3.05) is 5.32 Å². The number of fused-ring (bicyclic) bond motifs is 1. The quantitative estimate of drug-likeness (QED) is 0.850. The van der Waals surface area contributed by atoms with E-state index in [1.807, 2.05) is 0 Å². The van der Waals surface area contributed by atoms with E-state index >= 15 is 0 Å². The maximum Gasteiger partial charge on any atom is 0.335 e. The summed E-state index contributed by atoms with van der Waals surface area (Å²) in [7, 11) is 0. The van der Waals surface area contributed by atoms with E-state index in [1.54, 1.807) is 6.07 Å². The van der Waals surface area contributed by atoms with E-state index in [0.29, 0.717) is 17.1 Å². The average molecular weight is 232 g/mol. The third-order valence-corrected chi connectivity index (χ3v) is 3.04. The second-order valence-corrected chi connectivity index (χ2v) is 4.69. The molecule has 5 heteroatoms. The third kappa shape index (κ3) is 1.84. The van der Waals surface area contributed by atoms with E-state index in [9.17, 15) is 4.79 Å². The lowest BCUT2D eigenvalue weighted by Crippen LogP contribution is -2.15. The molecule has 0 atom stereocenters. The van der Waals surface area contributed by atoms with Gasteiger partial charge in [-0.3, -0.25) is 0 Å². The topological polar surface area (TPSA) is 75.4 Å². The molecule has 3 rings (SSSR count). The van der Waals surface area contributed by atoms with Gasteiger partial charge in [0.1, 0.15) is 5.52 Å². The van der Waals surface area contributed by atoms with Gasteiger partial charge in [0.25, 0.3) is 6.01 Å². The Morgan fingerprint density at radius 3 is 2.94 bits per heavy atom. The standard InChI is InChI=1S/C12H12N2O3/c1-12(4-5-12)14-11-13-8-3-2-7(10(15)16)6-9(8)17-11/h2-3,6H,4-5H2,1H3,(H,13,14)(H,15,16). The van der Waals surface area contributed by atoms with Crippen LogP contribution in [-0.2, 0) is 0 Å². The minimum absolute atomic E-state index is 0.0938. The molecule has 1 aromatic heterocycles. The largest absolute Gasteiger partial charge is 0.478 e. The fourth-order valence-corrected chi connectivity index (χ4v) is 1.68. The van der Waals surface area contributed by atoms with E-state index in [2.05, 4.69) is 17.2 Å². The van der Waals surface area contributed by atoms with Gasteiger partial charge in [0, 0.05) is 5.54 Å². The van der Waals surface area contributed by atoms with Crippen molar-refractivity contribution in [3.05, 3.63) is 23.8 Å². The van der Waals surface area contributed by atoms with Crippen LogP contribution in [0.15, 0.2) is 22.6 Å². The lowest BCUT2D eigenvalue weighted by Gasteiger charge is -2.06. The van der Waals surface area contributed by atoms with E-state index in [1.165, 1.54) is 12.1 Å². The van der Waals surface area contributed by atoms with Crippen LogP contribution in [0.25, 0.3) is 11.1 Å². The fraction of sp³-hybridized carbons (Fsp3) is 0.333. The molecule has 0 aliphatic heterocycles. The second-order valence-electron chi connectivity index (χ2n) is 4.69. The SMILES string of the molecule is CC1(Nc2nc3ccc(C(=O)O)cc3o2)CC1. The van der Waals surface area contributed by atoms with Gasteiger partial charge in [0.05, 0.1) is 5.56 Å². The molecule has 1 saturated carbocycles. The van der Waals surface area contributed by atoms with E-state index in [0.717, 1.165) is 12.8 Å². The first-order chi connectivity index (χ1) is 8.06. The molecule has 5 nitrogen and oxygen atoms in total. The zero-order chi connectivity index (χ0) is 12.0. The lowest BCUT2D eigenvalue weighted by atomic mass is 10.2. The number of oxazole rings is 1. The van der Waals surface area contributed by atoms with Crippen molar-refractivity contribution in [2.24, 2.45) is 0 Å². The van der Waals surface area contributed by atoms with Crippen LogP contribution in [0.5, 0.6) is 0 Å². The number of nitrogens with zero attached hydrogens (tertiary/aromatic N) is 1. The number of rotatable bonds is 3. The monoisotopic (exact) mass is 232 g/mol. The molecule has 1 aliphatic carbocycles. The molecule has 0 spiro atoms. The van der Waals surface area contributed by atoms with Gasteiger partial charge in [-0.05, 0) is 38.0 Å². The van der Waals surface area contributed by atoms with Crippen LogP contribution in [0.3, 0.4) is 0 Å². The Labute approximate surface area is 97.5 Å². The summed E-state index contributed by atoms with van der Waals surface area (Å²) < 4.78 is 5.49. The third-order valence-electron chi connectivity index (χ3n) is 3.04. The molecule has 0 radical (unpaired) electrons. The number of carbonyl (C=O) groups is 1. The molecule has 17 heavy (non-hydrogen) atoms. The summed E-state index contributed by atoms with van der Waals surface area (Å²) in [5.41, 5.74) is 1.47. The maximum absolute atomic E-state index is 10.8. The Hall–Kier alpha value is -2.04. The minimum Gasteiger partial charge on any atom is -0.478 e. The van der Waals surface area contributed by atoms with Gasteiger partial charge in [-0.25, -0.2) is 4.79 Å². The van der Waals surface area contributed by atoms with Crippen LogP contribution in [0.2, 0.25) is 0 Å². The normalized spacial score (nSPS) is 17.0. The van der Waals surface area contributed by atoms with Crippen molar-refractivity contribution >= 4 is 23.1 Å². The highest BCUT2D eigenvalue weighted by Crippen LogP contribution is 2.38. The van der Waals surface area contributed by atoms with Gasteiger partial charge in [-0.2, -0.15) is 4.98 Å². The molecule has 88 valence electrons. The molecule has 0 unspecified atom stereocenters. The molecular formula is C12H12N2O3. The van der Waals surface area contributed by atoms with Crippen LogP contribution in [0.4, 0.5) is 6.01 Å². The summed E-state index contributed by atoms with van der Waals surface area (Å²) in [4.78, 5) is 15.1. The molecule has 2 aromatic rings. The number of nitrogens with one attached hydrogen (secondary N) is 1. The number of hydrogen-bond acceptors (Lipinski definition) is 4. The number of aromatic carboxylic acids is 1. The summed E-state index contributed by atoms with van der Waals surface area (Å²) >= 11 is 0. The molecule has 0 saturated heterocycles. The Morgan fingerprint density at radius 1 is 1.53 bits per heavy atom. The smallest absolute Gasteiger partial charge is 0.335 e. The Morgan fingerprint density at radius 2 is 2.29 bits per heavy atom. The number of carboxylic acid groups (broad SMARTS) is 1. The van der Waals surface area contributed by atoms with Crippen molar-refractivity contribution in [2.45, 2.75) is 25.3 Å². The van der Waals surface area contributed by atoms with Crippen molar-refractivity contribution in [3.63, 3.8) is 0 Å². The predicted octanol–water partition coefficient (Wildman–Crippen LogP) is 2.49. The first kappa shape index (κ1) is 10.1. The number of aromatic nitrogens is 1. The maximum atomic E-state index is 10.8. The first-order valence-corrected chi connectivity index (χ1v) is 5.48. The van der Waals surface area contributed by atoms with Crippen molar-refractivity contribution in [3.8, 4) is 0 Å². The van der Waals surface area contributed by atoms with Gasteiger partial charge >= 0.3 is 5.97 Å². The van der Waals surface area contributed by atoms with Crippen LogP contribution in [-0.4, -0.2) is 21.6 Å². The van der Waals surface area contributed by atoms with Gasteiger partial charge in [0.2, 0.25) is 0 Å². The van der Waals surface area contributed by atoms with Crippen LogP contribution in [0, 0.1) is 0 Å². The Balaban J connectivity index is 1.97. The van der Waals surface area contributed by atoms with Crippen LogP contribution >= 0.6 is 0 Å². The Bertz CT molecular complexity index is 599. The molecule has 0 amide bonds. The highest BCUT2D eigenvalue weighted by Gasteiger charge is 2.38. The molecule has 1 fully saturated rings. The first-order valence-electron chi connectivity index (χ1n) is 5.48. The lowest BCUT2D eigenvalue weighted by molar-refractivity contribution is 0.0697. The number of benzene rings is 1. The Kier molecular flexibility index (Phi) is 1.92. The number of carboxylic acids is 1. The summed E-state index contributed by atoms with van der Waals surface area (Å²) in [6.07, 6.45) is 2.21. The van der Waals surface area contributed by atoms with Crippen molar-refractivity contribution in [1.82, 2.24) is 4.98 Å². The van der Waals surface area contributed by atoms with Crippen molar-refractivity contribution < 1.29 is 14.3 Å². The summed E-state index contributed by atoms with van der Waals surface area (Å²) in [5.74, 6) is -0.966. The summed E-state index contributed by atoms with van der Waals surface area (Å²) in [5, 5.41) is 12.1. The zero-order valence-electron chi connectivity index (χ0n) is 9.36. The fourth-order valence-electron chi connectivity index (χ4n) is 1.68. The molecule has 1 heterocycles. The molecule has 0 bridgehead atoms. The number of anilines is 1. The van der Waals surface area contributed by atoms with Gasteiger partial charge < -0.3 is 14.8 Å². The van der Waals surface area contributed by atoms with Crippen LogP contribution < -0.4 is 5.32 Å². The predicted molar refractivity (Wildman–Crippen MR) is 62.2 cm³/mol. The van der Waals surface area contributed by atoms with Crippen molar-refractivity contribution in [1.29, 1.82) is 0 Å². The van der Waals surface area contributed by atoms with Gasteiger partial charge in [-0.1, -0.05) is 0 Å². The second kappa shape index (κ2) is 3.23. The highest BCUT2D eigenvalue weighted by molar-refractivity contribution is 5.92. The van der Waals surface area contributed by atoms with Gasteiger partial charge in [0.15, 0.2) is 5.58 Å². The molecule has 1 aromatic carbocycles.